The van der Waals surface area contributed by atoms with Crippen LogP contribution in [0.3, 0.4) is 0 Å². The minimum absolute atomic E-state index is 0.766. The molecule has 102 valence electrons. The molecule has 0 aliphatic carbocycles. The molecule has 6 heteroatoms. The highest BCUT2D eigenvalue weighted by atomic mass is 16.5. The molecule has 3 heterocycles. The smallest absolute Gasteiger partial charge is 0.156 e. The number of anilines is 1. The van der Waals surface area contributed by atoms with Crippen LogP contribution in [0.5, 0.6) is 0 Å². The zero-order valence-corrected chi connectivity index (χ0v) is 11.0. The fraction of sp³-hybridized carbons (Fsp3) is 0.615. The van der Waals surface area contributed by atoms with Crippen molar-refractivity contribution in [3.63, 3.8) is 0 Å². The number of piperidine rings is 1. The molecule has 19 heavy (non-hydrogen) atoms. The Morgan fingerprint density at radius 3 is 2.84 bits per heavy atom. The van der Waals surface area contributed by atoms with Crippen LogP contribution in [0.4, 0.5) is 5.82 Å². The first-order chi connectivity index (χ1) is 9.43. The highest BCUT2D eigenvalue weighted by molar-refractivity contribution is 5.97. The molecule has 1 aromatic rings. The Bertz CT molecular complexity index is 430. The van der Waals surface area contributed by atoms with Gasteiger partial charge in [0.15, 0.2) is 5.82 Å². The lowest BCUT2D eigenvalue weighted by molar-refractivity contribution is 0.0391. The Balaban J connectivity index is 1.78. The van der Waals surface area contributed by atoms with E-state index in [9.17, 15) is 0 Å². The van der Waals surface area contributed by atoms with E-state index in [2.05, 4.69) is 20.1 Å². The molecule has 2 aliphatic rings. The van der Waals surface area contributed by atoms with Gasteiger partial charge >= 0.3 is 0 Å². The van der Waals surface area contributed by atoms with Crippen molar-refractivity contribution in [1.82, 2.24) is 15.2 Å². The minimum Gasteiger partial charge on any atom is -0.378 e. The molecular weight excluding hydrogens is 242 g/mol. The van der Waals surface area contributed by atoms with Crippen molar-refractivity contribution >= 4 is 11.7 Å². The van der Waals surface area contributed by atoms with Crippen molar-refractivity contribution in [3.05, 3.63) is 18.3 Å². The van der Waals surface area contributed by atoms with Crippen LogP contribution in [0.25, 0.3) is 0 Å². The molecule has 2 fully saturated rings. The summed E-state index contributed by atoms with van der Waals surface area (Å²) in [6.45, 7) is 4.25. The van der Waals surface area contributed by atoms with Crippen molar-refractivity contribution < 1.29 is 4.74 Å². The fourth-order valence-corrected chi connectivity index (χ4v) is 2.42. The number of hydrogen-bond acceptors (Lipinski definition) is 5. The number of morpholine rings is 1. The van der Waals surface area contributed by atoms with Gasteiger partial charge in [0.2, 0.25) is 0 Å². The molecule has 0 N–H and O–H groups in total. The molecule has 0 spiro atoms. The number of amidine groups is 1. The molecule has 2 saturated heterocycles. The van der Waals surface area contributed by atoms with Gasteiger partial charge in [0, 0.05) is 19.2 Å². The summed E-state index contributed by atoms with van der Waals surface area (Å²) in [5.41, 5.74) is 0. The summed E-state index contributed by atoms with van der Waals surface area (Å²) in [7, 11) is 0. The zero-order chi connectivity index (χ0) is 12.9. The maximum Gasteiger partial charge on any atom is 0.156 e. The predicted molar refractivity (Wildman–Crippen MR) is 73.1 cm³/mol. The number of hydrazone groups is 1. The average Bonchev–Trinajstić information content (AvgIpc) is 2.50. The van der Waals surface area contributed by atoms with Crippen LogP contribution in [0.15, 0.2) is 23.4 Å². The van der Waals surface area contributed by atoms with E-state index >= 15 is 0 Å². The van der Waals surface area contributed by atoms with Gasteiger partial charge in [-0.25, -0.2) is 0 Å². The number of aromatic nitrogens is 2. The third-order valence-electron chi connectivity index (χ3n) is 3.42. The van der Waals surface area contributed by atoms with Gasteiger partial charge in [0.1, 0.15) is 5.84 Å². The van der Waals surface area contributed by atoms with Gasteiger partial charge in [-0.1, -0.05) is 0 Å². The molecular formula is C13H19N5O. The second-order valence-electron chi connectivity index (χ2n) is 4.77. The van der Waals surface area contributed by atoms with Gasteiger partial charge in [-0.3, -0.25) is 5.01 Å². The predicted octanol–water partition coefficient (Wildman–Crippen LogP) is 1.11. The third-order valence-corrected chi connectivity index (χ3v) is 3.42. The number of hydrogen-bond donors (Lipinski definition) is 0. The summed E-state index contributed by atoms with van der Waals surface area (Å²) in [5, 5.41) is 15.0. The molecule has 0 radical (unpaired) electrons. The monoisotopic (exact) mass is 261 g/mol. The maximum atomic E-state index is 5.35. The van der Waals surface area contributed by atoms with Crippen molar-refractivity contribution in [2.45, 2.75) is 19.3 Å². The quantitative estimate of drug-likeness (QED) is 0.798. The summed E-state index contributed by atoms with van der Waals surface area (Å²) < 4.78 is 5.35. The van der Waals surface area contributed by atoms with E-state index in [-0.39, 0.29) is 0 Å². The van der Waals surface area contributed by atoms with Crippen molar-refractivity contribution in [1.29, 1.82) is 0 Å². The fourth-order valence-electron chi connectivity index (χ4n) is 2.42. The second-order valence-corrected chi connectivity index (χ2v) is 4.77. The van der Waals surface area contributed by atoms with Gasteiger partial charge in [-0.15, -0.1) is 5.10 Å². The lowest BCUT2D eigenvalue weighted by Gasteiger charge is -2.32. The van der Waals surface area contributed by atoms with Gasteiger partial charge < -0.3 is 9.64 Å². The Morgan fingerprint density at radius 2 is 2.05 bits per heavy atom. The summed E-state index contributed by atoms with van der Waals surface area (Å²) in [6, 6.07) is 3.91. The average molecular weight is 261 g/mol. The molecule has 0 bridgehead atoms. The van der Waals surface area contributed by atoms with E-state index in [1.165, 1.54) is 12.8 Å². The number of ether oxygens (including phenoxy) is 1. The Morgan fingerprint density at radius 1 is 1.16 bits per heavy atom. The lowest BCUT2D eigenvalue weighted by Crippen LogP contribution is -2.40. The molecule has 1 aromatic heterocycles. The van der Waals surface area contributed by atoms with E-state index in [0.29, 0.717) is 0 Å². The van der Waals surface area contributed by atoms with E-state index in [4.69, 9.17) is 9.84 Å². The van der Waals surface area contributed by atoms with Crippen molar-refractivity contribution in [3.8, 4) is 0 Å². The molecule has 2 aliphatic heterocycles. The summed E-state index contributed by atoms with van der Waals surface area (Å²) in [5.74, 6) is 2.00. The van der Waals surface area contributed by atoms with E-state index in [1.807, 2.05) is 12.1 Å². The topological polar surface area (TPSA) is 53.9 Å². The minimum atomic E-state index is 0.766. The maximum absolute atomic E-state index is 5.35. The first kappa shape index (κ1) is 12.3. The Labute approximate surface area is 113 Å². The second kappa shape index (κ2) is 5.97. The van der Waals surface area contributed by atoms with E-state index < -0.39 is 0 Å². The van der Waals surface area contributed by atoms with Gasteiger partial charge in [-0.2, -0.15) is 10.2 Å². The van der Waals surface area contributed by atoms with Gasteiger partial charge in [0.25, 0.3) is 0 Å². The lowest BCUT2D eigenvalue weighted by atomic mass is 10.1. The summed E-state index contributed by atoms with van der Waals surface area (Å²) >= 11 is 0. The highest BCUT2D eigenvalue weighted by Gasteiger charge is 2.21. The standard InChI is InChI=1S/C13H19N5O/c1-2-7-18(12-5-3-6-14-15-12)13(4-1)16-17-8-10-19-11-9-17/h3,5-6H,1-2,4,7-11H2/b16-13-. The van der Waals surface area contributed by atoms with E-state index in [0.717, 1.165) is 50.9 Å². The number of nitrogens with zero attached hydrogens (tertiary/aromatic N) is 5. The molecule has 0 amide bonds. The normalized spacial score (nSPS) is 22.8. The van der Waals surface area contributed by atoms with E-state index in [1.54, 1.807) is 6.20 Å². The third kappa shape index (κ3) is 3.01. The number of rotatable bonds is 2. The van der Waals surface area contributed by atoms with Crippen LogP contribution in [0, 0.1) is 0 Å². The SMILES string of the molecule is c1cnnc(N2CCCC/C2=N/N2CCOCC2)c1. The molecule has 6 nitrogen and oxygen atoms in total. The van der Waals surface area contributed by atoms with Crippen LogP contribution in [0.2, 0.25) is 0 Å². The van der Waals surface area contributed by atoms with Crippen molar-refractivity contribution in [2.24, 2.45) is 5.10 Å². The zero-order valence-electron chi connectivity index (χ0n) is 11.0. The van der Waals surface area contributed by atoms with Crippen molar-refractivity contribution in [2.75, 3.05) is 37.7 Å². The van der Waals surface area contributed by atoms with Gasteiger partial charge in [-0.05, 0) is 25.0 Å². The van der Waals surface area contributed by atoms with Crippen LogP contribution in [0.1, 0.15) is 19.3 Å². The van der Waals surface area contributed by atoms with Gasteiger partial charge in [0.05, 0.1) is 26.3 Å². The Hall–Kier alpha value is -1.69. The summed E-state index contributed by atoms with van der Waals surface area (Å²) in [6.07, 6.45) is 5.08. The molecule has 0 atom stereocenters. The Kier molecular flexibility index (Phi) is 3.88. The molecule has 0 aromatic carbocycles. The molecule has 0 saturated carbocycles. The highest BCUT2D eigenvalue weighted by Crippen LogP contribution is 2.19. The van der Waals surface area contributed by atoms with Crippen LogP contribution in [-0.2, 0) is 4.74 Å². The largest absolute Gasteiger partial charge is 0.378 e. The first-order valence-electron chi connectivity index (χ1n) is 6.89. The molecule has 0 unspecified atom stereocenters. The van der Waals surface area contributed by atoms with Crippen LogP contribution < -0.4 is 4.90 Å². The van der Waals surface area contributed by atoms with Crippen LogP contribution in [-0.4, -0.2) is 53.9 Å². The first-order valence-corrected chi connectivity index (χ1v) is 6.89. The van der Waals surface area contributed by atoms with Crippen LogP contribution >= 0.6 is 0 Å². The summed E-state index contributed by atoms with van der Waals surface area (Å²) in [4.78, 5) is 2.19. The molecule has 3 rings (SSSR count).